The Labute approximate surface area is 335 Å². The Bertz CT molecular complexity index is 2000. The molecule has 0 radical (unpaired) electrons. The van der Waals surface area contributed by atoms with Gasteiger partial charge in [-0.15, -0.1) is 11.6 Å². The molecule has 0 saturated carbocycles. The van der Waals surface area contributed by atoms with Crippen LogP contribution in [0, 0.1) is 40.7 Å². The van der Waals surface area contributed by atoms with Gasteiger partial charge in [0.15, 0.2) is 0 Å². The Balaban J connectivity index is 0.000000193. The van der Waals surface area contributed by atoms with Crippen LogP contribution in [0.2, 0.25) is 0 Å². The first kappa shape index (κ1) is 40.8. The Kier molecular flexibility index (Phi) is 12.5. The molecule has 262 valence electrons. The summed E-state index contributed by atoms with van der Waals surface area (Å²) in [6.07, 6.45) is 7.13. The number of halogens is 2. The van der Waals surface area contributed by atoms with Gasteiger partial charge in [0, 0.05) is 5.41 Å². The van der Waals surface area contributed by atoms with Crippen molar-refractivity contribution in [2.45, 2.75) is 93.4 Å². The van der Waals surface area contributed by atoms with Gasteiger partial charge in [-0.1, -0.05) is 79.0 Å². The van der Waals surface area contributed by atoms with Gasteiger partial charge in [0.2, 0.25) is 0 Å². The van der Waals surface area contributed by atoms with Crippen LogP contribution in [0.5, 0.6) is 0 Å². The molecule has 51 heavy (non-hydrogen) atoms. The first-order valence-corrected chi connectivity index (χ1v) is 18.9. The minimum atomic E-state index is 0. The molecule has 0 bridgehead atoms. The topological polar surface area (TPSA) is 0 Å². The Morgan fingerprint density at radius 1 is 0.627 bits per heavy atom. The minimum Gasteiger partial charge on any atom is -1.00 e. The molecule has 0 N–H and O–H groups in total. The van der Waals surface area contributed by atoms with Gasteiger partial charge in [-0.3, -0.25) is 6.08 Å². The molecule has 0 aromatic heterocycles. The van der Waals surface area contributed by atoms with Gasteiger partial charge >= 0.3 is 112 Å². The average molecular weight is 789 g/mol. The molecular weight excluding hydrogens is 739 g/mol. The van der Waals surface area contributed by atoms with Crippen LogP contribution in [-0.2, 0) is 41.5 Å². The first-order chi connectivity index (χ1) is 23.0. The van der Waals surface area contributed by atoms with E-state index in [1.807, 2.05) is 0 Å². The quantitative estimate of drug-likeness (QED) is 0.184. The molecule has 3 aliphatic rings. The molecule has 3 aliphatic carbocycles. The zero-order valence-corrected chi connectivity index (χ0v) is 36.1. The van der Waals surface area contributed by atoms with Crippen molar-refractivity contribution in [3.63, 3.8) is 0 Å². The molecule has 5 aromatic rings. The van der Waals surface area contributed by atoms with Crippen LogP contribution in [0.15, 0.2) is 91.0 Å². The maximum atomic E-state index is 3.65. The van der Waals surface area contributed by atoms with E-state index >= 15 is 0 Å². The van der Waals surface area contributed by atoms with Crippen molar-refractivity contribution in [2.24, 2.45) is 0 Å². The van der Waals surface area contributed by atoms with Gasteiger partial charge < -0.3 is 24.8 Å². The monoisotopic (exact) mass is 786 g/mol. The molecule has 0 fully saturated rings. The van der Waals surface area contributed by atoms with Crippen LogP contribution in [0.1, 0.15) is 114 Å². The van der Waals surface area contributed by atoms with Crippen LogP contribution in [-0.4, -0.2) is 3.21 Å². The van der Waals surface area contributed by atoms with Crippen molar-refractivity contribution in [3.8, 4) is 11.1 Å². The molecule has 0 heterocycles. The Morgan fingerprint density at radius 2 is 1.12 bits per heavy atom. The van der Waals surface area contributed by atoms with E-state index in [9.17, 15) is 0 Å². The summed E-state index contributed by atoms with van der Waals surface area (Å²) in [6.45, 7) is 24.3. The van der Waals surface area contributed by atoms with E-state index < -0.39 is 0 Å². The van der Waals surface area contributed by atoms with Crippen LogP contribution in [0.3, 0.4) is 0 Å². The third-order valence-corrected chi connectivity index (χ3v) is 12.0. The van der Waals surface area contributed by atoms with Crippen molar-refractivity contribution in [1.29, 1.82) is 0 Å². The van der Waals surface area contributed by atoms with Gasteiger partial charge in [0.25, 0.3) is 0 Å². The van der Waals surface area contributed by atoms with E-state index in [-0.39, 0.29) is 35.6 Å². The summed E-state index contributed by atoms with van der Waals surface area (Å²) in [4.78, 5) is 0. The molecule has 8 rings (SSSR count). The molecule has 0 nitrogen and oxygen atoms in total. The summed E-state index contributed by atoms with van der Waals surface area (Å²) in [7, 11) is 0. The summed E-state index contributed by atoms with van der Waals surface area (Å²) in [5, 5.41) is 0. The van der Waals surface area contributed by atoms with Crippen LogP contribution < -0.4 is 24.8 Å². The molecule has 0 unspecified atom stereocenters. The fourth-order valence-corrected chi connectivity index (χ4v) is 8.65. The zero-order valence-electron chi connectivity index (χ0n) is 32.1. The number of rotatable bonds is 2. The molecule has 5 aromatic carbocycles. The van der Waals surface area contributed by atoms with Crippen LogP contribution >= 0.6 is 0 Å². The summed E-state index contributed by atoms with van der Waals surface area (Å²) >= 11 is 1.46. The van der Waals surface area contributed by atoms with Gasteiger partial charge in [-0.25, -0.2) is 11.6 Å². The van der Waals surface area contributed by atoms with Crippen molar-refractivity contribution >= 4 is 14.4 Å². The molecule has 0 spiro atoms. The first-order valence-electron chi connectivity index (χ1n) is 17.6. The number of aryl methyl sites for hydroxylation is 5. The molecule has 0 saturated heterocycles. The second-order valence-electron chi connectivity index (χ2n) is 15.7. The molecule has 0 atom stereocenters. The predicted octanol–water partition coefficient (Wildman–Crippen LogP) is 6.21. The van der Waals surface area contributed by atoms with Gasteiger partial charge in [-0.05, 0) is 58.4 Å². The van der Waals surface area contributed by atoms with Gasteiger partial charge in [0.05, 0.1) is 0 Å². The number of fused-ring (bicyclic) bond motifs is 5. The van der Waals surface area contributed by atoms with Crippen LogP contribution in [0.4, 0.5) is 0 Å². The second-order valence-corrected chi connectivity index (χ2v) is 16.9. The van der Waals surface area contributed by atoms with E-state index in [1.165, 1.54) is 122 Å². The van der Waals surface area contributed by atoms with Crippen molar-refractivity contribution in [3.05, 3.63) is 169 Å². The summed E-state index contributed by atoms with van der Waals surface area (Å²) in [6, 6.07) is 31.7. The minimum absolute atomic E-state index is 0. The van der Waals surface area contributed by atoms with E-state index in [1.54, 1.807) is 0 Å². The number of allylic oxidation sites excluding steroid dienone is 4. The fraction of sp³-hybridized carbons (Fsp3) is 0.292. The van der Waals surface area contributed by atoms with Crippen LogP contribution in [0.25, 0.3) is 22.3 Å². The zero-order chi connectivity index (χ0) is 35.4. The van der Waals surface area contributed by atoms with E-state index in [4.69, 9.17) is 0 Å². The van der Waals surface area contributed by atoms with Crippen molar-refractivity contribution < 1.29 is 49.0 Å². The Morgan fingerprint density at radius 3 is 1.57 bits per heavy atom. The number of benzene rings is 4. The van der Waals surface area contributed by atoms with Crippen molar-refractivity contribution in [2.75, 3.05) is 0 Å². The molecule has 3 heteroatoms. The maximum Gasteiger partial charge on any atom is -1.00 e. The molecule has 0 aliphatic heterocycles. The molecule has 0 amide bonds. The largest absolute Gasteiger partial charge is 1.00 e. The standard InChI is InChI=1S/C25H25.C15H14.C8H11.2ClH.Zr/c1-14-12-24(3,4)22-8-16-7-17-9-23-19(15(2)13-25(23,5)6)11-21(17)20(16)10-18(14)22;1-12-3-7-14(8-4-12)11-15-9-5-13(2)6-10-15;1-6-4-7(2)8(3)5-6;;;/h8-12H,7H2,1-6H3;3-10H,1-2H3;4-5H,1-3H3;2*1H;/q-1;;-1;;;+2/p-2. The van der Waals surface area contributed by atoms with Gasteiger partial charge in [-0.2, -0.15) is 28.3 Å². The summed E-state index contributed by atoms with van der Waals surface area (Å²) in [5.41, 5.74) is 24.0. The van der Waals surface area contributed by atoms with E-state index in [0.717, 1.165) is 6.42 Å². The number of hydrogen-bond acceptors (Lipinski definition) is 0. The Hall–Kier alpha value is -2.96. The predicted molar refractivity (Wildman–Crippen MR) is 209 cm³/mol. The van der Waals surface area contributed by atoms with E-state index in [2.05, 4.69) is 173 Å². The SMILES string of the molecule is CC1=[C-]C(C)(C)c2cc3c(cc21)-c1cc2c(cc1C3)C(C)(C)C=C2C.Cc1cc(C)c(C)[cH-]1.Cc1ccc([C](=[Zr+2])c2ccc(C)cc2)cc1.[Cl-].[Cl-]. The maximum absolute atomic E-state index is 3.65. The average Bonchev–Trinajstić information content (AvgIpc) is 3.69. The normalized spacial score (nSPS) is 14.8. The van der Waals surface area contributed by atoms with E-state index in [0.29, 0.717) is 0 Å². The molecular formula is C48H50Cl2Zr-2. The summed E-state index contributed by atoms with van der Waals surface area (Å²) in [5.74, 6) is 0. The smallest absolute Gasteiger partial charge is 1.00 e. The fourth-order valence-electron chi connectivity index (χ4n) is 7.83. The van der Waals surface area contributed by atoms with Gasteiger partial charge in [0.1, 0.15) is 0 Å². The second kappa shape index (κ2) is 15.6. The third-order valence-electron chi connectivity index (χ3n) is 10.6. The van der Waals surface area contributed by atoms with Crippen molar-refractivity contribution in [1.82, 2.24) is 0 Å². The number of hydrogen-bond donors (Lipinski definition) is 0. The third kappa shape index (κ3) is 8.33. The summed E-state index contributed by atoms with van der Waals surface area (Å²) < 4.78 is 1.42.